The van der Waals surface area contributed by atoms with Crippen LogP contribution in [0.5, 0.6) is 5.75 Å². The summed E-state index contributed by atoms with van der Waals surface area (Å²) in [4.78, 5) is 14.8. The highest BCUT2D eigenvalue weighted by molar-refractivity contribution is 5.88. The molecule has 1 aromatic rings. The van der Waals surface area contributed by atoms with Crippen molar-refractivity contribution in [1.29, 1.82) is 0 Å². The molecule has 0 amide bonds. The summed E-state index contributed by atoms with van der Waals surface area (Å²) < 4.78 is 5.61. The fraction of sp³-hybridized carbons (Fsp3) is 0.571. The standard InChI is InChI=1S/C14H21NO3/c1-3-5-7-11(4-2)10-18-12-8-6-9-15-13(12)14(16)17/h6,8-9,11H,3-5,7,10H2,1-2H3,(H,16,17). The molecule has 4 heteroatoms. The van der Waals surface area contributed by atoms with Gasteiger partial charge >= 0.3 is 5.97 Å². The molecule has 0 saturated heterocycles. The number of aromatic nitrogens is 1. The molecule has 1 N–H and O–H groups in total. The van der Waals surface area contributed by atoms with Crippen molar-refractivity contribution in [3.8, 4) is 5.75 Å². The number of carboxylic acid groups (broad SMARTS) is 1. The number of hydrogen-bond donors (Lipinski definition) is 1. The number of hydrogen-bond acceptors (Lipinski definition) is 3. The Morgan fingerprint density at radius 1 is 1.50 bits per heavy atom. The largest absolute Gasteiger partial charge is 0.491 e. The lowest BCUT2D eigenvalue weighted by Gasteiger charge is -2.16. The Morgan fingerprint density at radius 2 is 2.28 bits per heavy atom. The van der Waals surface area contributed by atoms with Crippen LogP contribution in [-0.4, -0.2) is 22.7 Å². The molecule has 18 heavy (non-hydrogen) atoms. The quantitative estimate of drug-likeness (QED) is 0.769. The lowest BCUT2D eigenvalue weighted by molar-refractivity contribution is 0.0684. The van der Waals surface area contributed by atoms with Crippen molar-refractivity contribution in [3.05, 3.63) is 24.0 Å². The van der Waals surface area contributed by atoms with Crippen LogP contribution < -0.4 is 4.74 Å². The van der Waals surface area contributed by atoms with E-state index in [1.807, 2.05) is 0 Å². The summed E-state index contributed by atoms with van der Waals surface area (Å²) in [7, 11) is 0. The first-order valence-corrected chi connectivity index (χ1v) is 6.50. The summed E-state index contributed by atoms with van der Waals surface area (Å²) >= 11 is 0. The zero-order valence-corrected chi connectivity index (χ0v) is 11.1. The van der Waals surface area contributed by atoms with Crippen molar-refractivity contribution in [2.75, 3.05) is 6.61 Å². The van der Waals surface area contributed by atoms with E-state index in [-0.39, 0.29) is 5.69 Å². The van der Waals surface area contributed by atoms with Gasteiger partial charge in [0.05, 0.1) is 6.61 Å². The maximum Gasteiger partial charge on any atom is 0.358 e. The van der Waals surface area contributed by atoms with E-state index >= 15 is 0 Å². The first-order valence-electron chi connectivity index (χ1n) is 6.50. The van der Waals surface area contributed by atoms with Crippen LogP contribution in [0.1, 0.15) is 50.0 Å². The third-order valence-corrected chi connectivity index (χ3v) is 2.99. The van der Waals surface area contributed by atoms with E-state index in [2.05, 4.69) is 18.8 Å². The smallest absolute Gasteiger partial charge is 0.358 e. The van der Waals surface area contributed by atoms with E-state index in [9.17, 15) is 4.79 Å². The Balaban J connectivity index is 2.59. The topological polar surface area (TPSA) is 59.4 Å². The fourth-order valence-corrected chi connectivity index (χ4v) is 1.77. The Labute approximate surface area is 108 Å². The van der Waals surface area contributed by atoms with Gasteiger partial charge in [-0.25, -0.2) is 9.78 Å². The predicted octanol–water partition coefficient (Wildman–Crippen LogP) is 3.38. The van der Waals surface area contributed by atoms with Gasteiger partial charge in [0, 0.05) is 6.20 Å². The minimum Gasteiger partial charge on any atom is -0.491 e. The number of unbranched alkanes of at least 4 members (excludes halogenated alkanes) is 1. The van der Waals surface area contributed by atoms with Crippen molar-refractivity contribution in [2.24, 2.45) is 5.92 Å². The maximum atomic E-state index is 11.0. The predicted molar refractivity (Wildman–Crippen MR) is 70.0 cm³/mol. The average Bonchev–Trinajstić information content (AvgIpc) is 2.39. The minimum absolute atomic E-state index is 0.0113. The Hall–Kier alpha value is -1.58. The molecule has 0 spiro atoms. The number of pyridine rings is 1. The second-order valence-corrected chi connectivity index (χ2v) is 4.38. The van der Waals surface area contributed by atoms with Crippen LogP contribution >= 0.6 is 0 Å². The number of nitrogens with zero attached hydrogens (tertiary/aromatic N) is 1. The summed E-state index contributed by atoms with van der Waals surface area (Å²) in [6.07, 6.45) is 5.98. The zero-order valence-electron chi connectivity index (χ0n) is 11.1. The summed E-state index contributed by atoms with van der Waals surface area (Å²) in [6, 6.07) is 3.35. The Morgan fingerprint density at radius 3 is 2.89 bits per heavy atom. The summed E-state index contributed by atoms with van der Waals surface area (Å²) in [5.41, 5.74) is -0.0113. The molecule has 1 unspecified atom stereocenters. The second kappa shape index (κ2) is 7.69. The molecule has 1 atom stereocenters. The number of rotatable bonds is 8. The molecular weight excluding hydrogens is 230 g/mol. The Bertz CT molecular complexity index is 379. The zero-order chi connectivity index (χ0) is 13.4. The molecule has 1 aromatic heterocycles. The van der Waals surface area contributed by atoms with E-state index in [0.29, 0.717) is 18.3 Å². The molecule has 0 aliphatic heterocycles. The minimum atomic E-state index is -1.05. The van der Waals surface area contributed by atoms with E-state index < -0.39 is 5.97 Å². The molecule has 0 bridgehead atoms. The number of carbonyl (C=O) groups is 1. The molecule has 100 valence electrons. The van der Waals surface area contributed by atoms with Crippen molar-refractivity contribution >= 4 is 5.97 Å². The Kier molecular flexibility index (Phi) is 6.19. The van der Waals surface area contributed by atoms with Gasteiger partial charge < -0.3 is 9.84 Å². The van der Waals surface area contributed by atoms with Crippen molar-refractivity contribution in [1.82, 2.24) is 4.98 Å². The molecule has 1 heterocycles. The van der Waals surface area contributed by atoms with Gasteiger partial charge in [0.2, 0.25) is 0 Å². The normalized spacial score (nSPS) is 12.1. The molecule has 0 aliphatic rings. The highest BCUT2D eigenvalue weighted by atomic mass is 16.5. The van der Waals surface area contributed by atoms with Gasteiger partial charge in [0.1, 0.15) is 0 Å². The van der Waals surface area contributed by atoms with Crippen molar-refractivity contribution in [3.63, 3.8) is 0 Å². The van der Waals surface area contributed by atoms with Gasteiger partial charge in [-0.1, -0.05) is 33.1 Å². The van der Waals surface area contributed by atoms with Gasteiger partial charge in [0.25, 0.3) is 0 Å². The third-order valence-electron chi connectivity index (χ3n) is 2.99. The molecule has 0 radical (unpaired) electrons. The first-order chi connectivity index (χ1) is 8.69. The van der Waals surface area contributed by atoms with Crippen LogP contribution in [0, 0.1) is 5.92 Å². The summed E-state index contributed by atoms with van der Waals surface area (Å²) in [5.74, 6) is -0.209. The van der Waals surface area contributed by atoms with Crippen LogP contribution in [-0.2, 0) is 0 Å². The highest BCUT2D eigenvalue weighted by Crippen LogP contribution is 2.19. The highest BCUT2D eigenvalue weighted by Gasteiger charge is 2.14. The SMILES string of the molecule is CCCCC(CC)COc1cccnc1C(=O)O. The number of ether oxygens (including phenoxy) is 1. The fourth-order valence-electron chi connectivity index (χ4n) is 1.77. The number of carboxylic acids is 1. The summed E-state index contributed by atoms with van der Waals surface area (Å²) in [6.45, 7) is 4.85. The van der Waals surface area contributed by atoms with Gasteiger partial charge in [0.15, 0.2) is 11.4 Å². The molecular formula is C14H21NO3. The lowest BCUT2D eigenvalue weighted by atomic mass is 10.0. The molecule has 0 fully saturated rings. The van der Waals surface area contributed by atoms with Gasteiger partial charge in [-0.2, -0.15) is 0 Å². The second-order valence-electron chi connectivity index (χ2n) is 4.38. The van der Waals surface area contributed by atoms with Gasteiger partial charge in [-0.3, -0.25) is 0 Å². The van der Waals surface area contributed by atoms with Crippen LogP contribution in [0.15, 0.2) is 18.3 Å². The van der Waals surface area contributed by atoms with Crippen LogP contribution in [0.2, 0.25) is 0 Å². The third kappa shape index (κ3) is 4.35. The summed E-state index contributed by atoms with van der Waals surface area (Å²) in [5, 5.41) is 8.99. The monoisotopic (exact) mass is 251 g/mol. The van der Waals surface area contributed by atoms with E-state index in [0.717, 1.165) is 12.8 Å². The van der Waals surface area contributed by atoms with Crippen LogP contribution in [0.3, 0.4) is 0 Å². The van der Waals surface area contributed by atoms with Gasteiger partial charge in [-0.05, 0) is 24.5 Å². The van der Waals surface area contributed by atoms with Crippen LogP contribution in [0.4, 0.5) is 0 Å². The average molecular weight is 251 g/mol. The molecule has 4 nitrogen and oxygen atoms in total. The molecule has 0 saturated carbocycles. The maximum absolute atomic E-state index is 11.0. The first kappa shape index (κ1) is 14.5. The molecule has 0 aliphatic carbocycles. The lowest BCUT2D eigenvalue weighted by Crippen LogP contribution is -2.13. The van der Waals surface area contributed by atoms with E-state index in [4.69, 9.17) is 9.84 Å². The number of aromatic carboxylic acids is 1. The van der Waals surface area contributed by atoms with Crippen molar-refractivity contribution < 1.29 is 14.6 Å². The molecule has 1 rings (SSSR count). The van der Waals surface area contributed by atoms with E-state index in [1.54, 1.807) is 12.1 Å². The van der Waals surface area contributed by atoms with Crippen LogP contribution in [0.25, 0.3) is 0 Å². The van der Waals surface area contributed by atoms with Crippen molar-refractivity contribution in [2.45, 2.75) is 39.5 Å². The van der Waals surface area contributed by atoms with E-state index in [1.165, 1.54) is 19.0 Å². The molecule has 0 aromatic carbocycles. The van der Waals surface area contributed by atoms with Gasteiger partial charge in [-0.15, -0.1) is 0 Å².